The zero-order valence-corrected chi connectivity index (χ0v) is 32.7. The van der Waals surface area contributed by atoms with Gasteiger partial charge >= 0.3 is 0 Å². The molecule has 2 atom stereocenters. The molecule has 0 fully saturated rings. The number of hydrogen-bond acceptors (Lipinski definition) is 6. The van der Waals surface area contributed by atoms with Crippen LogP contribution >= 0.6 is 0 Å². The maximum Gasteiger partial charge on any atom is 0.00914 e. The first-order chi connectivity index (χ1) is 23.9. The minimum Gasteiger partial charge on any atom is -0.327 e. The highest BCUT2D eigenvalue weighted by Crippen LogP contribution is 2.34. The topological polar surface area (TPSA) is 100 Å². The van der Waals surface area contributed by atoms with Crippen molar-refractivity contribution in [2.24, 2.45) is 23.3 Å². The van der Waals surface area contributed by atoms with Gasteiger partial charge in [-0.25, -0.2) is 0 Å². The van der Waals surface area contributed by atoms with Crippen molar-refractivity contribution in [1.82, 2.24) is 21.3 Å². The first kappa shape index (κ1) is 41.8. The molecule has 0 aliphatic heterocycles. The maximum absolute atomic E-state index is 6.62. The summed E-state index contributed by atoms with van der Waals surface area (Å²) >= 11 is 0. The average molecular weight is 685 g/mol. The van der Waals surface area contributed by atoms with Crippen molar-refractivity contribution < 1.29 is 0 Å². The lowest BCUT2D eigenvalue weighted by Crippen LogP contribution is -2.30. The molecule has 0 bridgehead atoms. The summed E-state index contributed by atoms with van der Waals surface area (Å²) in [7, 11) is 0. The first-order valence-corrected chi connectivity index (χ1v) is 19.6. The second-order valence-electron chi connectivity index (χ2n) is 16.4. The van der Waals surface area contributed by atoms with Crippen LogP contribution in [0.3, 0.4) is 0 Å². The van der Waals surface area contributed by atoms with Crippen molar-refractivity contribution in [2.75, 3.05) is 52.4 Å². The molecular weight excluding hydrogens is 613 g/mol. The van der Waals surface area contributed by atoms with Crippen molar-refractivity contribution in [3.63, 3.8) is 0 Å². The van der Waals surface area contributed by atoms with E-state index in [2.05, 4.69) is 136 Å². The van der Waals surface area contributed by atoms with Gasteiger partial charge in [0.15, 0.2) is 0 Å². The summed E-state index contributed by atoms with van der Waals surface area (Å²) in [6.45, 7) is 24.2. The van der Waals surface area contributed by atoms with Crippen LogP contribution in [0.25, 0.3) is 22.3 Å². The fraction of sp³-hybridized carbons (Fsp3) is 0.591. The molecular formula is C44H72N6. The molecule has 3 rings (SSSR count). The molecule has 0 aliphatic rings. The zero-order chi connectivity index (χ0) is 36.4. The molecule has 3 aromatic rings. The van der Waals surface area contributed by atoms with Gasteiger partial charge in [-0.3, -0.25) is 0 Å². The normalized spacial score (nSPS) is 13.3. The molecule has 0 heterocycles. The van der Waals surface area contributed by atoms with E-state index in [4.69, 9.17) is 11.5 Å². The Balaban J connectivity index is 1.60. The van der Waals surface area contributed by atoms with Crippen LogP contribution in [-0.4, -0.2) is 64.4 Å². The Labute approximate surface area is 306 Å². The summed E-state index contributed by atoms with van der Waals surface area (Å²) < 4.78 is 0. The van der Waals surface area contributed by atoms with Gasteiger partial charge in [-0.15, -0.1) is 0 Å². The van der Waals surface area contributed by atoms with Gasteiger partial charge in [-0.2, -0.15) is 0 Å². The van der Waals surface area contributed by atoms with Gasteiger partial charge in [0.2, 0.25) is 0 Å². The Kier molecular flexibility index (Phi) is 18.7. The van der Waals surface area contributed by atoms with Crippen molar-refractivity contribution in [1.29, 1.82) is 0 Å². The maximum atomic E-state index is 6.62. The Morgan fingerprint density at radius 3 is 1.34 bits per heavy atom. The smallest absolute Gasteiger partial charge is 0.00914 e. The Hall–Kier alpha value is -2.58. The lowest BCUT2D eigenvalue weighted by Gasteiger charge is -2.22. The highest BCUT2D eigenvalue weighted by molar-refractivity contribution is 5.75. The molecule has 6 nitrogen and oxygen atoms in total. The van der Waals surface area contributed by atoms with E-state index in [1.807, 2.05) is 0 Å². The van der Waals surface area contributed by atoms with E-state index in [0.29, 0.717) is 11.8 Å². The minimum atomic E-state index is 0.0274. The molecule has 0 saturated carbocycles. The lowest BCUT2D eigenvalue weighted by atomic mass is 9.83. The SMILES string of the molecule is CC(C)CNCCCNCCC(N)Cc1cccc(-c2cc(-c3cccc(CC(N)CCNCCCNCC(C)C)c3)cc(C(C)(C)C)c2)c1. The predicted molar refractivity (Wildman–Crippen MR) is 219 cm³/mol. The van der Waals surface area contributed by atoms with Crippen LogP contribution in [0.1, 0.15) is 90.8 Å². The van der Waals surface area contributed by atoms with Crippen molar-refractivity contribution >= 4 is 0 Å². The number of benzene rings is 3. The summed E-state index contributed by atoms with van der Waals surface area (Å²) in [5, 5.41) is 14.2. The molecule has 3 aromatic carbocycles. The summed E-state index contributed by atoms with van der Waals surface area (Å²) in [6, 6.07) is 25.3. The third-order valence-electron chi connectivity index (χ3n) is 9.22. The van der Waals surface area contributed by atoms with Gasteiger partial charge in [0.25, 0.3) is 0 Å². The van der Waals surface area contributed by atoms with Crippen LogP contribution in [0.5, 0.6) is 0 Å². The molecule has 0 radical (unpaired) electrons. The summed E-state index contributed by atoms with van der Waals surface area (Å²) in [4.78, 5) is 0. The van der Waals surface area contributed by atoms with Crippen LogP contribution in [0.2, 0.25) is 0 Å². The van der Waals surface area contributed by atoms with Gasteiger partial charge in [-0.05, 0) is 153 Å². The Morgan fingerprint density at radius 2 is 0.940 bits per heavy atom. The van der Waals surface area contributed by atoms with E-state index in [-0.39, 0.29) is 17.5 Å². The van der Waals surface area contributed by atoms with E-state index in [0.717, 1.165) is 90.9 Å². The highest BCUT2D eigenvalue weighted by atomic mass is 14.9. The molecule has 0 amide bonds. The van der Waals surface area contributed by atoms with Crippen LogP contribution in [0.4, 0.5) is 0 Å². The molecule has 2 unspecified atom stereocenters. The fourth-order valence-corrected chi connectivity index (χ4v) is 6.24. The lowest BCUT2D eigenvalue weighted by molar-refractivity contribution is 0.516. The van der Waals surface area contributed by atoms with E-state index in [1.165, 1.54) is 38.9 Å². The van der Waals surface area contributed by atoms with E-state index >= 15 is 0 Å². The molecule has 0 aromatic heterocycles. The minimum absolute atomic E-state index is 0.0274. The average Bonchev–Trinajstić information content (AvgIpc) is 3.06. The number of nitrogens with one attached hydrogen (secondary N) is 4. The number of nitrogens with two attached hydrogens (primary N) is 2. The summed E-state index contributed by atoms with van der Waals surface area (Å²) in [5.41, 5.74) is 22.2. The third-order valence-corrected chi connectivity index (χ3v) is 9.22. The van der Waals surface area contributed by atoms with Crippen molar-refractivity contribution in [3.05, 3.63) is 83.4 Å². The highest BCUT2D eigenvalue weighted by Gasteiger charge is 2.17. The predicted octanol–water partition coefficient (Wildman–Crippen LogP) is 7.29. The van der Waals surface area contributed by atoms with Gasteiger partial charge < -0.3 is 32.7 Å². The van der Waals surface area contributed by atoms with Crippen LogP contribution in [0.15, 0.2) is 66.7 Å². The van der Waals surface area contributed by atoms with Gasteiger partial charge in [0.05, 0.1) is 0 Å². The van der Waals surface area contributed by atoms with Crippen molar-refractivity contribution in [2.45, 2.75) is 104 Å². The molecule has 278 valence electrons. The van der Waals surface area contributed by atoms with E-state index in [1.54, 1.807) is 0 Å². The Bertz CT molecular complexity index is 1270. The van der Waals surface area contributed by atoms with Crippen LogP contribution in [0, 0.1) is 11.8 Å². The molecule has 0 aliphatic carbocycles. The quantitative estimate of drug-likeness (QED) is 0.0555. The van der Waals surface area contributed by atoms with Crippen LogP contribution < -0.4 is 32.7 Å². The third kappa shape index (κ3) is 16.6. The zero-order valence-electron chi connectivity index (χ0n) is 32.7. The van der Waals surface area contributed by atoms with E-state index in [9.17, 15) is 0 Å². The second kappa shape index (κ2) is 22.4. The van der Waals surface area contributed by atoms with Gasteiger partial charge in [-0.1, -0.05) is 109 Å². The summed E-state index contributed by atoms with van der Waals surface area (Å²) in [6.07, 6.45) is 5.99. The molecule has 6 heteroatoms. The number of hydrogen-bond donors (Lipinski definition) is 6. The Morgan fingerprint density at radius 1 is 0.520 bits per heavy atom. The standard InChI is InChI=1S/C44H72N6/c1-33(2)31-49-20-10-18-47-22-16-42(45)26-35-12-8-14-37(24-35)39-28-40(30-41(29-39)44(5,6)7)38-15-9-13-36(25-38)27-43(46)17-23-48-19-11-21-50-32-34(3)4/h8-9,12-15,24-25,28-30,33-34,42-43,47-50H,10-11,16-23,26-27,31-32,45-46H2,1-7H3. The van der Waals surface area contributed by atoms with Crippen molar-refractivity contribution in [3.8, 4) is 22.3 Å². The van der Waals surface area contributed by atoms with E-state index < -0.39 is 0 Å². The summed E-state index contributed by atoms with van der Waals surface area (Å²) in [5.74, 6) is 1.40. The number of rotatable bonds is 24. The fourth-order valence-electron chi connectivity index (χ4n) is 6.24. The monoisotopic (exact) mass is 685 g/mol. The second-order valence-corrected chi connectivity index (χ2v) is 16.4. The largest absolute Gasteiger partial charge is 0.327 e. The van der Waals surface area contributed by atoms with Crippen LogP contribution in [-0.2, 0) is 18.3 Å². The molecule has 0 saturated heterocycles. The molecule has 8 N–H and O–H groups in total. The molecule has 50 heavy (non-hydrogen) atoms. The van der Waals surface area contributed by atoms with Gasteiger partial charge in [0, 0.05) is 12.1 Å². The van der Waals surface area contributed by atoms with Gasteiger partial charge in [0.1, 0.15) is 0 Å². The molecule has 0 spiro atoms. The first-order valence-electron chi connectivity index (χ1n) is 19.6.